The van der Waals surface area contributed by atoms with Crippen LogP contribution in [0.2, 0.25) is 0 Å². The molecule has 0 saturated carbocycles. The third-order valence-electron chi connectivity index (χ3n) is 2.82. The molecule has 0 aliphatic rings. The van der Waals surface area contributed by atoms with E-state index in [1.54, 1.807) is 36.2 Å². The Bertz CT molecular complexity index is 539. The average Bonchev–Trinajstić information content (AvgIpc) is 3.12. The quantitative estimate of drug-likeness (QED) is 0.720. The molecule has 0 bridgehead atoms. The molecule has 20 heavy (non-hydrogen) atoms. The van der Waals surface area contributed by atoms with E-state index in [9.17, 15) is 9.90 Å². The maximum Gasteiger partial charge on any atom is 0.272 e. The molecule has 6 nitrogen and oxygen atoms in total. The summed E-state index contributed by atoms with van der Waals surface area (Å²) in [6.45, 7) is -0.0816. The van der Waals surface area contributed by atoms with Gasteiger partial charge in [0.1, 0.15) is 5.69 Å². The maximum absolute atomic E-state index is 12.0. The molecule has 0 radical (unpaired) electrons. The molecular formula is C13H17N3O3S. The predicted molar refractivity (Wildman–Crippen MR) is 77.6 cm³/mol. The highest BCUT2D eigenvalue weighted by Gasteiger charge is 2.16. The molecule has 2 heterocycles. The van der Waals surface area contributed by atoms with E-state index >= 15 is 0 Å². The smallest absolute Gasteiger partial charge is 0.272 e. The van der Waals surface area contributed by atoms with Crippen molar-refractivity contribution in [3.8, 4) is 11.5 Å². The number of carbonyl (C=O) groups is 1. The molecule has 2 aromatic heterocycles. The third-order valence-corrected chi connectivity index (χ3v) is 3.47. The number of furan rings is 1. The van der Waals surface area contributed by atoms with Crippen LogP contribution < -0.4 is 5.32 Å². The molecular weight excluding hydrogens is 278 g/mol. The zero-order valence-electron chi connectivity index (χ0n) is 11.1. The van der Waals surface area contributed by atoms with Crippen molar-refractivity contribution in [1.29, 1.82) is 0 Å². The van der Waals surface area contributed by atoms with Gasteiger partial charge >= 0.3 is 0 Å². The van der Waals surface area contributed by atoms with Gasteiger partial charge in [0, 0.05) is 6.07 Å². The van der Waals surface area contributed by atoms with Crippen molar-refractivity contribution in [1.82, 2.24) is 15.5 Å². The lowest BCUT2D eigenvalue weighted by Crippen LogP contribution is -2.38. The fourth-order valence-corrected chi connectivity index (χ4v) is 2.24. The SMILES string of the molecule is CSCC[C@@H](CO)NC(=O)c1cc(-c2ccco2)[nH]n1. The zero-order valence-corrected chi connectivity index (χ0v) is 11.9. The van der Waals surface area contributed by atoms with Crippen molar-refractivity contribution in [2.75, 3.05) is 18.6 Å². The number of hydrogen-bond donors (Lipinski definition) is 3. The fourth-order valence-electron chi connectivity index (χ4n) is 1.72. The lowest BCUT2D eigenvalue weighted by molar-refractivity contribution is 0.0910. The van der Waals surface area contributed by atoms with Crippen molar-refractivity contribution < 1.29 is 14.3 Å². The second-order valence-corrected chi connectivity index (χ2v) is 5.26. The largest absolute Gasteiger partial charge is 0.463 e. The summed E-state index contributed by atoms with van der Waals surface area (Å²) in [5, 5.41) is 18.7. The Morgan fingerprint density at radius 2 is 2.50 bits per heavy atom. The molecule has 0 aliphatic heterocycles. The van der Waals surface area contributed by atoms with E-state index in [-0.39, 0.29) is 24.2 Å². The van der Waals surface area contributed by atoms with E-state index in [2.05, 4.69) is 15.5 Å². The molecule has 0 spiro atoms. The second-order valence-electron chi connectivity index (χ2n) is 4.28. The summed E-state index contributed by atoms with van der Waals surface area (Å²) in [6, 6.07) is 4.92. The first kappa shape index (κ1) is 14.7. The Morgan fingerprint density at radius 1 is 1.65 bits per heavy atom. The molecule has 0 aromatic carbocycles. The number of hydrogen-bond acceptors (Lipinski definition) is 5. The normalized spacial score (nSPS) is 12.3. The summed E-state index contributed by atoms with van der Waals surface area (Å²) < 4.78 is 5.22. The van der Waals surface area contributed by atoms with Crippen molar-refractivity contribution in [3.63, 3.8) is 0 Å². The number of rotatable bonds is 7. The number of carbonyl (C=O) groups excluding carboxylic acids is 1. The molecule has 2 aromatic rings. The van der Waals surface area contributed by atoms with Crippen LogP contribution in [0.25, 0.3) is 11.5 Å². The van der Waals surface area contributed by atoms with Crippen LogP contribution in [0.3, 0.4) is 0 Å². The van der Waals surface area contributed by atoms with E-state index < -0.39 is 0 Å². The Hall–Kier alpha value is -1.73. The summed E-state index contributed by atoms with van der Waals surface area (Å²) in [7, 11) is 0. The van der Waals surface area contributed by atoms with E-state index in [1.807, 2.05) is 6.26 Å². The molecule has 7 heteroatoms. The topological polar surface area (TPSA) is 91.1 Å². The minimum absolute atomic E-state index is 0.0816. The lowest BCUT2D eigenvalue weighted by atomic mass is 10.2. The Morgan fingerprint density at radius 3 is 3.15 bits per heavy atom. The molecule has 3 N–H and O–H groups in total. The van der Waals surface area contributed by atoms with Crippen molar-refractivity contribution >= 4 is 17.7 Å². The van der Waals surface area contributed by atoms with Gasteiger partial charge in [0.05, 0.1) is 18.9 Å². The van der Waals surface area contributed by atoms with Crippen molar-refractivity contribution in [2.24, 2.45) is 0 Å². The van der Waals surface area contributed by atoms with Gasteiger partial charge in [0.25, 0.3) is 5.91 Å². The number of aliphatic hydroxyl groups is 1. The number of aliphatic hydroxyl groups excluding tert-OH is 1. The number of H-pyrrole nitrogens is 1. The summed E-state index contributed by atoms with van der Waals surface area (Å²) in [6.07, 6.45) is 4.26. The summed E-state index contributed by atoms with van der Waals surface area (Å²) >= 11 is 1.67. The van der Waals surface area contributed by atoms with Crippen LogP contribution in [-0.4, -0.2) is 45.9 Å². The van der Waals surface area contributed by atoms with Gasteiger partial charge in [-0.1, -0.05) is 0 Å². The molecule has 0 saturated heterocycles. The number of aromatic nitrogens is 2. The first-order valence-electron chi connectivity index (χ1n) is 6.24. The first-order chi connectivity index (χ1) is 9.74. The van der Waals surface area contributed by atoms with Gasteiger partial charge in [-0.3, -0.25) is 9.89 Å². The number of aromatic amines is 1. The molecule has 108 valence electrons. The lowest BCUT2D eigenvalue weighted by Gasteiger charge is -2.14. The number of nitrogens with one attached hydrogen (secondary N) is 2. The Labute approximate surface area is 120 Å². The van der Waals surface area contributed by atoms with Gasteiger partial charge < -0.3 is 14.8 Å². The van der Waals surface area contributed by atoms with Crippen LogP contribution in [0.15, 0.2) is 28.9 Å². The number of nitrogens with zero attached hydrogens (tertiary/aromatic N) is 1. The van der Waals surface area contributed by atoms with Gasteiger partial charge in [0.2, 0.25) is 0 Å². The van der Waals surface area contributed by atoms with Gasteiger partial charge in [-0.25, -0.2) is 0 Å². The molecule has 0 aliphatic carbocycles. The van der Waals surface area contributed by atoms with Crippen molar-refractivity contribution in [3.05, 3.63) is 30.2 Å². The molecule has 1 amide bonds. The van der Waals surface area contributed by atoms with E-state index in [0.29, 0.717) is 11.5 Å². The summed E-state index contributed by atoms with van der Waals surface area (Å²) in [5.74, 6) is 1.20. The van der Waals surface area contributed by atoms with Gasteiger partial charge in [-0.2, -0.15) is 16.9 Å². The monoisotopic (exact) mass is 295 g/mol. The number of thioether (sulfide) groups is 1. The third kappa shape index (κ3) is 3.64. The van der Waals surface area contributed by atoms with Crippen LogP contribution in [0.4, 0.5) is 0 Å². The Kier molecular flexibility index (Phi) is 5.25. The molecule has 2 rings (SSSR count). The van der Waals surface area contributed by atoms with Crippen LogP contribution >= 0.6 is 11.8 Å². The van der Waals surface area contributed by atoms with Gasteiger partial charge in [-0.15, -0.1) is 0 Å². The molecule has 1 atom stereocenters. The standard InChI is InChI=1S/C13H17N3O3S/c1-20-6-4-9(8-17)14-13(18)11-7-10(15-16-11)12-3-2-5-19-12/h2-3,5,7,9,17H,4,6,8H2,1H3,(H,14,18)(H,15,16)/t9-/m0/s1. The highest BCUT2D eigenvalue weighted by atomic mass is 32.2. The minimum atomic E-state index is -0.306. The molecule has 0 unspecified atom stereocenters. The van der Waals surface area contributed by atoms with Crippen LogP contribution in [0, 0.1) is 0 Å². The zero-order chi connectivity index (χ0) is 14.4. The van der Waals surface area contributed by atoms with E-state index in [4.69, 9.17) is 4.42 Å². The highest BCUT2D eigenvalue weighted by molar-refractivity contribution is 7.98. The predicted octanol–water partition coefficient (Wildman–Crippen LogP) is 1.51. The second kappa shape index (κ2) is 7.16. The number of amides is 1. The van der Waals surface area contributed by atoms with Gasteiger partial charge in [-0.05, 0) is 30.6 Å². The maximum atomic E-state index is 12.0. The van der Waals surface area contributed by atoms with Crippen LogP contribution in [0.1, 0.15) is 16.9 Å². The van der Waals surface area contributed by atoms with E-state index in [0.717, 1.165) is 12.2 Å². The van der Waals surface area contributed by atoms with Crippen molar-refractivity contribution in [2.45, 2.75) is 12.5 Å². The van der Waals surface area contributed by atoms with Crippen LogP contribution in [0.5, 0.6) is 0 Å². The van der Waals surface area contributed by atoms with Crippen LogP contribution in [-0.2, 0) is 0 Å². The first-order valence-corrected chi connectivity index (χ1v) is 7.64. The van der Waals surface area contributed by atoms with E-state index in [1.165, 1.54) is 0 Å². The summed E-state index contributed by atoms with van der Waals surface area (Å²) in [5.41, 5.74) is 0.920. The molecule has 0 fully saturated rings. The highest BCUT2D eigenvalue weighted by Crippen LogP contribution is 2.17. The minimum Gasteiger partial charge on any atom is -0.463 e. The average molecular weight is 295 g/mol. The summed E-state index contributed by atoms with van der Waals surface area (Å²) in [4.78, 5) is 12.0. The Balaban J connectivity index is 1.99. The van der Waals surface area contributed by atoms with Gasteiger partial charge in [0.15, 0.2) is 11.5 Å². The fraction of sp³-hybridized carbons (Fsp3) is 0.385.